The van der Waals surface area contributed by atoms with Gasteiger partial charge in [-0.1, -0.05) is 45.0 Å². The molecule has 3 N–H and O–H groups in total. The highest BCUT2D eigenvalue weighted by Crippen LogP contribution is 2.41. The van der Waals surface area contributed by atoms with Crippen LogP contribution in [-0.2, 0) is 15.7 Å². The van der Waals surface area contributed by atoms with Gasteiger partial charge < -0.3 is 25.4 Å². The van der Waals surface area contributed by atoms with E-state index in [1.54, 1.807) is 0 Å². The zero-order valence-electron chi connectivity index (χ0n) is 28.3. The number of carbonyl (C=O) groups excluding carboxylic acids is 2. The number of nitrogens with zero attached hydrogens (tertiary/aromatic N) is 4. The van der Waals surface area contributed by atoms with Crippen LogP contribution in [-0.4, -0.2) is 52.1 Å². The van der Waals surface area contributed by atoms with Crippen LogP contribution in [0.4, 0.5) is 16.2 Å². The molecule has 248 valence electrons. The first-order valence-corrected chi connectivity index (χ1v) is 16.3. The van der Waals surface area contributed by atoms with Gasteiger partial charge >= 0.3 is 6.03 Å². The van der Waals surface area contributed by atoms with Crippen molar-refractivity contribution in [2.24, 2.45) is 0 Å². The Labute approximate surface area is 276 Å². The van der Waals surface area contributed by atoms with Crippen molar-refractivity contribution in [1.82, 2.24) is 24.8 Å². The third kappa shape index (κ3) is 6.36. The molecule has 3 heterocycles. The van der Waals surface area contributed by atoms with Crippen LogP contribution < -0.4 is 25.4 Å². The number of hydrogen-bond acceptors (Lipinski definition) is 7. The lowest BCUT2D eigenvalue weighted by molar-refractivity contribution is -0.114. The molecule has 0 saturated carbocycles. The topological polar surface area (TPSA) is 122 Å². The number of likely N-dealkylation sites (tertiary alicyclic amines) is 1. The average Bonchev–Trinajstić information content (AvgIpc) is 3.60. The number of carbonyl (C=O) groups is 2. The summed E-state index contributed by atoms with van der Waals surface area (Å²) >= 11 is 0. The number of hydrogen-bond donors (Lipinski definition) is 3. The standard InChI is InChI=1S/C36H45N7O4/c1-22(44)37-28-19-23(35(2,3)4)20-29(32(28)46-7)39-34(45)38-27-14-15-30(26-12-9-8-11-25(26)27)47-24-13-16-31-40-41-33(43(31)21-24)36(5)17-10-18-42(36)6/h8-9,11-13,16,19-21,27,30H,10,14-15,17-18H2,1-7H3,(H,37,44)(H2,38,39,45)/t27-,30+,36?/m0/s1. The number of anilines is 2. The molecule has 4 aromatic rings. The molecular weight excluding hydrogens is 594 g/mol. The first kappa shape index (κ1) is 32.3. The monoisotopic (exact) mass is 639 g/mol. The van der Waals surface area contributed by atoms with E-state index in [0.29, 0.717) is 30.0 Å². The molecule has 11 heteroatoms. The fourth-order valence-electron chi connectivity index (χ4n) is 6.85. The molecule has 1 saturated heterocycles. The van der Waals surface area contributed by atoms with Crippen LogP contribution in [0.2, 0.25) is 0 Å². The van der Waals surface area contributed by atoms with E-state index < -0.39 is 0 Å². The van der Waals surface area contributed by atoms with Crippen LogP contribution in [0, 0.1) is 0 Å². The lowest BCUT2D eigenvalue weighted by Gasteiger charge is -2.32. The van der Waals surface area contributed by atoms with Crippen molar-refractivity contribution >= 4 is 29.0 Å². The number of urea groups is 1. The molecule has 1 unspecified atom stereocenters. The van der Waals surface area contributed by atoms with Gasteiger partial charge in [-0.15, -0.1) is 10.2 Å². The predicted octanol–water partition coefficient (Wildman–Crippen LogP) is 6.71. The summed E-state index contributed by atoms with van der Waals surface area (Å²) < 4.78 is 14.3. The Bertz CT molecular complexity index is 1810. The van der Waals surface area contributed by atoms with Gasteiger partial charge in [0.25, 0.3) is 0 Å². The molecule has 3 amide bonds. The number of benzene rings is 2. The Morgan fingerprint density at radius 2 is 1.72 bits per heavy atom. The van der Waals surface area contributed by atoms with E-state index in [1.165, 1.54) is 14.0 Å². The SMILES string of the molecule is COc1c(NC(C)=O)cc(C(C)(C)C)cc1NC(=O)N[C@H]1CC[C@@H](Oc2ccc3nnc(C4(C)CCCN4C)n3c2)c2ccccc21. The highest BCUT2D eigenvalue weighted by atomic mass is 16.5. The number of ether oxygens (including phenoxy) is 2. The number of amides is 3. The third-order valence-electron chi connectivity index (χ3n) is 9.59. The van der Waals surface area contributed by atoms with Gasteiger partial charge in [0.15, 0.2) is 17.2 Å². The number of fused-ring (bicyclic) bond motifs is 2. The Balaban J connectivity index is 1.22. The van der Waals surface area contributed by atoms with Crippen molar-refractivity contribution < 1.29 is 19.1 Å². The van der Waals surface area contributed by atoms with Gasteiger partial charge in [0.1, 0.15) is 11.9 Å². The largest absolute Gasteiger partial charge is 0.492 e. The van der Waals surface area contributed by atoms with Gasteiger partial charge in [0, 0.05) is 6.92 Å². The molecule has 1 fully saturated rings. The molecule has 11 nitrogen and oxygen atoms in total. The Kier molecular flexibility index (Phi) is 8.61. The Morgan fingerprint density at radius 1 is 1.00 bits per heavy atom. The second-order valence-electron chi connectivity index (χ2n) is 13.9. The van der Waals surface area contributed by atoms with E-state index in [1.807, 2.05) is 48.7 Å². The molecule has 2 aromatic heterocycles. The highest BCUT2D eigenvalue weighted by Gasteiger charge is 2.40. The summed E-state index contributed by atoms with van der Waals surface area (Å²) in [5.74, 6) is 1.83. The molecule has 0 spiro atoms. The highest BCUT2D eigenvalue weighted by molar-refractivity contribution is 5.97. The first-order chi connectivity index (χ1) is 22.4. The zero-order valence-corrected chi connectivity index (χ0v) is 28.3. The second kappa shape index (κ2) is 12.5. The molecule has 6 rings (SSSR count). The summed E-state index contributed by atoms with van der Waals surface area (Å²) in [4.78, 5) is 27.8. The van der Waals surface area contributed by atoms with Crippen LogP contribution in [0.15, 0.2) is 54.7 Å². The summed E-state index contributed by atoms with van der Waals surface area (Å²) in [5, 5.41) is 18.0. The molecule has 1 aliphatic heterocycles. The van der Waals surface area contributed by atoms with Crippen LogP contribution >= 0.6 is 0 Å². The molecule has 47 heavy (non-hydrogen) atoms. The summed E-state index contributed by atoms with van der Waals surface area (Å²) in [6.45, 7) is 10.9. The second-order valence-corrected chi connectivity index (χ2v) is 13.9. The van der Waals surface area contributed by atoms with Crippen LogP contribution in [0.1, 0.15) is 95.0 Å². The van der Waals surface area contributed by atoms with Crippen molar-refractivity contribution in [3.8, 4) is 11.5 Å². The van der Waals surface area contributed by atoms with Gasteiger partial charge in [-0.25, -0.2) is 4.79 Å². The Hall–Kier alpha value is -4.64. The first-order valence-electron chi connectivity index (χ1n) is 16.3. The van der Waals surface area contributed by atoms with Gasteiger partial charge in [-0.3, -0.25) is 14.1 Å². The molecular formula is C36H45N7O4. The minimum atomic E-state index is -0.363. The number of aromatic nitrogens is 3. The van der Waals surface area contributed by atoms with E-state index in [9.17, 15) is 9.59 Å². The lowest BCUT2D eigenvalue weighted by Crippen LogP contribution is -2.37. The summed E-state index contributed by atoms with van der Waals surface area (Å²) in [6, 6.07) is 15.2. The molecule has 2 aromatic carbocycles. The maximum absolute atomic E-state index is 13.5. The maximum atomic E-state index is 13.5. The van der Waals surface area contributed by atoms with E-state index in [4.69, 9.17) is 9.47 Å². The van der Waals surface area contributed by atoms with Gasteiger partial charge in [-0.2, -0.15) is 0 Å². The van der Waals surface area contributed by atoms with Crippen molar-refractivity contribution in [1.29, 1.82) is 0 Å². The maximum Gasteiger partial charge on any atom is 0.319 e. The van der Waals surface area contributed by atoms with Gasteiger partial charge in [-0.05, 0) is 92.6 Å². The normalized spacial score (nSPS) is 21.3. The van der Waals surface area contributed by atoms with Gasteiger partial charge in [0.2, 0.25) is 5.91 Å². The van der Waals surface area contributed by atoms with E-state index in [2.05, 4.69) is 76.3 Å². The zero-order chi connectivity index (χ0) is 33.5. The number of rotatable bonds is 7. The van der Waals surface area contributed by atoms with Crippen molar-refractivity contribution in [3.63, 3.8) is 0 Å². The van der Waals surface area contributed by atoms with Crippen molar-refractivity contribution in [3.05, 3.63) is 77.2 Å². The molecule has 3 atom stereocenters. The molecule has 2 aliphatic rings. The van der Waals surface area contributed by atoms with E-state index in [-0.39, 0.29) is 35.0 Å². The van der Waals surface area contributed by atoms with Crippen molar-refractivity contribution in [2.45, 2.75) is 83.4 Å². The predicted molar refractivity (Wildman–Crippen MR) is 182 cm³/mol. The number of methoxy groups -OCH3 is 1. The minimum absolute atomic E-state index is 0.182. The quantitative estimate of drug-likeness (QED) is 0.205. The molecule has 0 bridgehead atoms. The molecule has 1 aliphatic carbocycles. The Morgan fingerprint density at radius 3 is 2.38 bits per heavy atom. The lowest BCUT2D eigenvalue weighted by atomic mass is 9.85. The average molecular weight is 640 g/mol. The van der Waals surface area contributed by atoms with Gasteiger partial charge in [0.05, 0.1) is 36.3 Å². The van der Waals surface area contributed by atoms with E-state index >= 15 is 0 Å². The fourth-order valence-corrected chi connectivity index (χ4v) is 6.85. The van der Waals surface area contributed by atoms with Crippen molar-refractivity contribution in [2.75, 3.05) is 31.3 Å². The summed E-state index contributed by atoms with van der Waals surface area (Å²) in [5.41, 5.74) is 4.37. The number of nitrogens with one attached hydrogen (secondary N) is 3. The van der Waals surface area contributed by atoms with Crippen LogP contribution in [0.5, 0.6) is 11.5 Å². The van der Waals surface area contributed by atoms with Crippen LogP contribution in [0.25, 0.3) is 5.65 Å². The van der Waals surface area contributed by atoms with Crippen LogP contribution in [0.3, 0.4) is 0 Å². The summed E-state index contributed by atoms with van der Waals surface area (Å²) in [6.07, 6.45) is 5.37. The summed E-state index contributed by atoms with van der Waals surface area (Å²) in [7, 11) is 3.66. The fraction of sp³-hybridized carbons (Fsp3) is 0.444. The molecule has 0 radical (unpaired) electrons. The van der Waals surface area contributed by atoms with E-state index in [0.717, 1.165) is 53.3 Å². The number of pyridine rings is 1. The third-order valence-corrected chi connectivity index (χ3v) is 9.59. The smallest absolute Gasteiger partial charge is 0.319 e. The minimum Gasteiger partial charge on any atom is -0.492 e.